The number of ether oxygens (including phenoxy) is 1. The van der Waals surface area contributed by atoms with Gasteiger partial charge >= 0.3 is 0 Å². The minimum absolute atomic E-state index is 0.408. The highest BCUT2D eigenvalue weighted by Gasteiger charge is 2.23. The van der Waals surface area contributed by atoms with Gasteiger partial charge in [0.25, 0.3) is 0 Å². The summed E-state index contributed by atoms with van der Waals surface area (Å²) in [6.07, 6.45) is 6.47. The molecular weight excluding hydrogens is 260 g/mol. The van der Waals surface area contributed by atoms with Crippen molar-refractivity contribution in [1.29, 1.82) is 0 Å². The maximum Gasteiger partial charge on any atom is 0.0517 e. The van der Waals surface area contributed by atoms with Gasteiger partial charge in [0.05, 0.1) is 6.04 Å². The first-order valence-electron chi connectivity index (χ1n) is 7.88. The van der Waals surface area contributed by atoms with Crippen LogP contribution in [0, 0.1) is 5.92 Å². The molecule has 0 fully saturated rings. The lowest BCUT2D eigenvalue weighted by molar-refractivity contribution is 0.195. The fraction of sp³-hybridized carbons (Fsp3) is 0.556. The van der Waals surface area contributed by atoms with E-state index in [1.54, 1.807) is 7.11 Å². The fourth-order valence-corrected chi connectivity index (χ4v) is 3.14. The SMILES string of the molecule is COCCCc1cc(N)cc2c1C(C)N(CC(C)C)C=C2. The summed E-state index contributed by atoms with van der Waals surface area (Å²) in [5.74, 6) is 0.657. The monoisotopic (exact) mass is 288 g/mol. The number of rotatable bonds is 6. The van der Waals surface area contributed by atoms with Gasteiger partial charge in [-0.15, -0.1) is 0 Å². The maximum absolute atomic E-state index is 6.07. The molecule has 1 aromatic carbocycles. The Hall–Kier alpha value is -1.48. The molecule has 2 N–H and O–H groups in total. The van der Waals surface area contributed by atoms with E-state index in [-0.39, 0.29) is 0 Å². The maximum atomic E-state index is 6.07. The number of aryl methyl sites for hydroxylation is 1. The van der Waals surface area contributed by atoms with Crippen molar-refractivity contribution < 1.29 is 4.74 Å². The van der Waals surface area contributed by atoms with Crippen LogP contribution in [0.5, 0.6) is 0 Å². The van der Waals surface area contributed by atoms with E-state index in [0.717, 1.165) is 31.7 Å². The lowest BCUT2D eigenvalue weighted by Crippen LogP contribution is -2.29. The topological polar surface area (TPSA) is 38.5 Å². The molecule has 21 heavy (non-hydrogen) atoms. The fourth-order valence-electron chi connectivity index (χ4n) is 3.14. The predicted molar refractivity (Wildman–Crippen MR) is 90.0 cm³/mol. The minimum atomic E-state index is 0.408. The number of fused-ring (bicyclic) bond motifs is 1. The Morgan fingerprint density at radius 3 is 2.76 bits per heavy atom. The van der Waals surface area contributed by atoms with Crippen LogP contribution in [-0.4, -0.2) is 25.2 Å². The summed E-state index contributed by atoms with van der Waals surface area (Å²) in [7, 11) is 1.75. The van der Waals surface area contributed by atoms with Crippen LogP contribution in [0.2, 0.25) is 0 Å². The van der Waals surface area contributed by atoms with Crippen molar-refractivity contribution in [2.45, 2.75) is 39.7 Å². The number of methoxy groups -OCH3 is 1. The van der Waals surface area contributed by atoms with Crippen molar-refractivity contribution in [2.24, 2.45) is 5.92 Å². The second-order valence-corrected chi connectivity index (χ2v) is 6.36. The zero-order chi connectivity index (χ0) is 15.4. The smallest absolute Gasteiger partial charge is 0.0517 e. The molecule has 0 spiro atoms. The van der Waals surface area contributed by atoms with Gasteiger partial charge < -0.3 is 15.4 Å². The first-order chi connectivity index (χ1) is 10.0. The first kappa shape index (κ1) is 15.9. The van der Waals surface area contributed by atoms with Crippen LogP contribution < -0.4 is 5.73 Å². The predicted octanol–water partition coefficient (Wildman–Crippen LogP) is 3.85. The van der Waals surface area contributed by atoms with Crippen molar-refractivity contribution in [1.82, 2.24) is 4.90 Å². The molecule has 2 rings (SSSR count). The van der Waals surface area contributed by atoms with Gasteiger partial charge in [0.1, 0.15) is 0 Å². The van der Waals surface area contributed by atoms with Crippen molar-refractivity contribution in [3.8, 4) is 0 Å². The minimum Gasteiger partial charge on any atom is -0.399 e. The summed E-state index contributed by atoms with van der Waals surface area (Å²) < 4.78 is 5.18. The highest BCUT2D eigenvalue weighted by molar-refractivity contribution is 5.64. The molecule has 0 saturated heterocycles. The Kier molecular flexibility index (Phi) is 5.29. The molecule has 1 aliphatic heterocycles. The van der Waals surface area contributed by atoms with Crippen molar-refractivity contribution in [3.05, 3.63) is 35.0 Å². The van der Waals surface area contributed by atoms with Gasteiger partial charge in [-0.2, -0.15) is 0 Å². The van der Waals surface area contributed by atoms with Gasteiger partial charge in [-0.25, -0.2) is 0 Å². The van der Waals surface area contributed by atoms with Crippen LogP contribution in [0.25, 0.3) is 6.08 Å². The summed E-state index contributed by atoms with van der Waals surface area (Å²) >= 11 is 0. The second-order valence-electron chi connectivity index (χ2n) is 6.36. The summed E-state index contributed by atoms with van der Waals surface area (Å²) in [5.41, 5.74) is 11.0. The highest BCUT2D eigenvalue weighted by Crippen LogP contribution is 2.35. The number of benzene rings is 1. The summed E-state index contributed by atoms with van der Waals surface area (Å²) in [6.45, 7) is 8.69. The zero-order valence-corrected chi connectivity index (χ0v) is 13.7. The molecule has 1 aliphatic rings. The lowest BCUT2D eigenvalue weighted by atomic mass is 9.89. The van der Waals surface area contributed by atoms with E-state index in [4.69, 9.17) is 10.5 Å². The third-order valence-corrected chi connectivity index (χ3v) is 4.05. The van der Waals surface area contributed by atoms with Crippen LogP contribution in [-0.2, 0) is 11.2 Å². The van der Waals surface area contributed by atoms with Crippen LogP contribution in [0.3, 0.4) is 0 Å². The molecule has 0 radical (unpaired) electrons. The zero-order valence-electron chi connectivity index (χ0n) is 13.7. The van der Waals surface area contributed by atoms with Crippen molar-refractivity contribution >= 4 is 11.8 Å². The molecule has 0 aliphatic carbocycles. The van der Waals surface area contributed by atoms with Crippen LogP contribution >= 0.6 is 0 Å². The Morgan fingerprint density at radius 1 is 1.33 bits per heavy atom. The molecule has 1 unspecified atom stereocenters. The van der Waals surface area contributed by atoms with Crippen LogP contribution in [0.1, 0.15) is 49.9 Å². The second kappa shape index (κ2) is 6.99. The van der Waals surface area contributed by atoms with E-state index < -0.39 is 0 Å². The summed E-state index contributed by atoms with van der Waals surface area (Å²) in [5, 5.41) is 0. The van der Waals surface area contributed by atoms with E-state index in [0.29, 0.717) is 12.0 Å². The molecule has 1 heterocycles. The Morgan fingerprint density at radius 2 is 2.10 bits per heavy atom. The van der Waals surface area contributed by atoms with E-state index in [1.807, 2.05) is 0 Å². The van der Waals surface area contributed by atoms with Crippen molar-refractivity contribution in [3.63, 3.8) is 0 Å². The van der Waals surface area contributed by atoms with Gasteiger partial charge in [-0.1, -0.05) is 13.8 Å². The Balaban J connectivity index is 2.29. The van der Waals surface area contributed by atoms with E-state index in [1.165, 1.54) is 16.7 Å². The average molecular weight is 288 g/mol. The van der Waals surface area contributed by atoms with Gasteiger partial charge in [0.15, 0.2) is 0 Å². The third-order valence-electron chi connectivity index (χ3n) is 4.05. The molecule has 1 atom stereocenters. The standard InChI is InChI=1S/C18H28N2O/c1-13(2)12-20-8-7-16-11-17(19)10-15(6-5-9-21-4)18(16)14(20)3/h7-8,10-11,13-14H,5-6,9,12,19H2,1-4H3. The number of nitrogens with zero attached hydrogens (tertiary/aromatic N) is 1. The normalized spacial score (nSPS) is 17.4. The molecule has 0 aromatic heterocycles. The molecule has 3 heteroatoms. The first-order valence-corrected chi connectivity index (χ1v) is 7.88. The Labute approximate surface area is 128 Å². The number of hydrogen-bond donors (Lipinski definition) is 1. The molecule has 1 aromatic rings. The van der Waals surface area contributed by atoms with Gasteiger partial charge in [0, 0.05) is 32.1 Å². The number of anilines is 1. The van der Waals surface area contributed by atoms with Gasteiger partial charge in [-0.05, 0) is 60.6 Å². The van der Waals surface area contributed by atoms with E-state index >= 15 is 0 Å². The lowest BCUT2D eigenvalue weighted by Gasteiger charge is -2.35. The molecule has 0 bridgehead atoms. The van der Waals surface area contributed by atoms with E-state index in [2.05, 4.69) is 50.1 Å². The summed E-state index contributed by atoms with van der Waals surface area (Å²) in [6, 6.07) is 4.64. The van der Waals surface area contributed by atoms with Crippen molar-refractivity contribution in [2.75, 3.05) is 26.0 Å². The van der Waals surface area contributed by atoms with Gasteiger partial charge in [-0.3, -0.25) is 0 Å². The molecule has 0 amide bonds. The molecular formula is C18H28N2O. The number of nitrogen functional groups attached to an aromatic ring is 1. The molecule has 116 valence electrons. The molecule has 0 saturated carbocycles. The number of hydrogen-bond acceptors (Lipinski definition) is 3. The average Bonchev–Trinajstić information content (AvgIpc) is 2.41. The Bertz CT molecular complexity index is 508. The van der Waals surface area contributed by atoms with Gasteiger partial charge in [0.2, 0.25) is 0 Å². The molecule has 3 nitrogen and oxygen atoms in total. The van der Waals surface area contributed by atoms with Crippen LogP contribution in [0.15, 0.2) is 18.3 Å². The number of nitrogens with two attached hydrogens (primary N) is 1. The largest absolute Gasteiger partial charge is 0.399 e. The third kappa shape index (κ3) is 3.79. The summed E-state index contributed by atoms with van der Waals surface area (Å²) in [4.78, 5) is 2.43. The quantitative estimate of drug-likeness (QED) is 0.638. The van der Waals surface area contributed by atoms with E-state index in [9.17, 15) is 0 Å². The van der Waals surface area contributed by atoms with Crippen LogP contribution in [0.4, 0.5) is 5.69 Å². The highest BCUT2D eigenvalue weighted by atomic mass is 16.5.